The van der Waals surface area contributed by atoms with Crippen LogP contribution in [0.3, 0.4) is 0 Å². The number of hydrogen-bond donors (Lipinski definition) is 1. The van der Waals surface area contributed by atoms with E-state index in [1.165, 1.54) is 17.4 Å². The Morgan fingerprint density at radius 3 is 2.77 bits per heavy atom. The molecule has 3 aromatic rings. The van der Waals surface area contributed by atoms with Gasteiger partial charge >= 0.3 is 0 Å². The van der Waals surface area contributed by atoms with Crippen molar-refractivity contribution in [1.29, 1.82) is 0 Å². The molecule has 26 heavy (non-hydrogen) atoms. The number of aromatic nitrogens is 1. The maximum absolute atomic E-state index is 11.9. The third-order valence-corrected chi connectivity index (χ3v) is 4.20. The highest BCUT2D eigenvalue weighted by molar-refractivity contribution is 7.13. The van der Waals surface area contributed by atoms with Crippen LogP contribution in [-0.2, 0) is 11.4 Å². The first-order valence-corrected chi connectivity index (χ1v) is 8.86. The Kier molecular flexibility index (Phi) is 6.01. The number of thiazole rings is 1. The predicted molar refractivity (Wildman–Crippen MR) is 104 cm³/mol. The summed E-state index contributed by atoms with van der Waals surface area (Å²) in [6, 6.07) is 15.5. The van der Waals surface area contributed by atoms with Crippen molar-refractivity contribution in [3.8, 4) is 11.5 Å². The Balaban J connectivity index is 1.64. The Labute approximate surface area is 155 Å². The van der Waals surface area contributed by atoms with Crippen molar-refractivity contribution in [3.05, 3.63) is 77.3 Å². The molecule has 0 aliphatic heterocycles. The van der Waals surface area contributed by atoms with Gasteiger partial charge in [0.05, 0.1) is 7.11 Å². The third kappa shape index (κ3) is 4.94. The second-order valence-electron chi connectivity index (χ2n) is 5.34. The minimum atomic E-state index is -0.233. The largest absolute Gasteiger partial charge is 0.493 e. The van der Waals surface area contributed by atoms with Crippen LogP contribution in [0.4, 0.5) is 5.13 Å². The lowest BCUT2D eigenvalue weighted by molar-refractivity contribution is -0.111. The van der Waals surface area contributed by atoms with Crippen LogP contribution < -0.4 is 14.8 Å². The van der Waals surface area contributed by atoms with Gasteiger partial charge in [0.2, 0.25) is 5.91 Å². The van der Waals surface area contributed by atoms with Gasteiger partial charge in [-0.15, -0.1) is 11.3 Å². The summed E-state index contributed by atoms with van der Waals surface area (Å²) in [6.07, 6.45) is 4.82. The standard InChI is InChI=1S/C20H18N2O3S/c1-24-18-13-15(8-10-19(23)22-20-21-11-12-26-20)7-9-17(18)25-14-16-5-3-2-4-6-16/h2-13H,14H2,1H3,(H,21,22,23)/b10-8+. The predicted octanol–water partition coefficient (Wildman–Crippen LogP) is 4.38. The zero-order valence-corrected chi connectivity index (χ0v) is 15.0. The summed E-state index contributed by atoms with van der Waals surface area (Å²) in [4.78, 5) is 15.9. The van der Waals surface area contributed by atoms with Crippen LogP contribution in [0.5, 0.6) is 11.5 Å². The lowest BCUT2D eigenvalue weighted by Gasteiger charge is -2.11. The molecule has 0 spiro atoms. The maximum Gasteiger partial charge on any atom is 0.250 e. The Morgan fingerprint density at radius 2 is 2.04 bits per heavy atom. The van der Waals surface area contributed by atoms with E-state index in [4.69, 9.17) is 9.47 Å². The molecule has 0 atom stereocenters. The smallest absolute Gasteiger partial charge is 0.250 e. The van der Waals surface area contributed by atoms with Gasteiger partial charge in [-0.05, 0) is 29.3 Å². The summed E-state index contributed by atoms with van der Waals surface area (Å²) in [5.41, 5.74) is 1.92. The molecule has 0 radical (unpaired) electrons. The third-order valence-electron chi connectivity index (χ3n) is 3.51. The van der Waals surface area contributed by atoms with Crippen LogP contribution in [0.1, 0.15) is 11.1 Å². The van der Waals surface area contributed by atoms with Gasteiger partial charge in [-0.2, -0.15) is 0 Å². The lowest BCUT2D eigenvalue weighted by atomic mass is 10.2. The van der Waals surface area contributed by atoms with Gasteiger partial charge in [-0.25, -0.2) is 4.98 Å². The van der Waals surface area contributed by atoms with Gasteiger partial charge in [0, 0.05) is 17.7 Å². The quantitative estimate of drug-likeness (QED) is 0.630. The lowest BCUT2D eigenvalue weighted by Crippen LogP contribution is -2.07. The van der Waals surface area contributed by atoms with Crippen molar-refractivity contribution in [1.82, 2.24) is 4.98 Å². The Hall–Kier alpha value is -3.12. The zero-order valence-electron chi connectivity index (χ0n) is 14.2. The van der Waals surface area contributed by atoms with Gasteiger partial charge in [0.25, 0.3) is 0 Å². The molecular weight excluding hydrogens is 348 g/mol. The number of amides is 1. The summed E-state index contributed by atoms with van der Waals surface area (Å²) in [5, 5.41) is 5.07. The molecule has 0 fully saturated rings. The van der Waals surface area contributed by atoms with Crippen molar-refractivity contribution in [2.24, 2.45) is 0 Å². The summed E-state index contributed by atoms with van der Waals surface area (Å²) in [6.45, 7) is 0.461. The summed E-state index contributed by atoms with van der Waals surface area (Å²) in [5.74, 6) is 1.03. The molecule has 1 amide bonds. The Morgan fingerprint density at radius 1 is 1.19 bits per heavy atom. The first-order valence-electron chi connectivity index (χ1n) is 7.98. The topological polar surface area (TPSA) is 60.5 Å². The molecule has 5 nitrogen and oxygen atoms in total. The van der Waals surface area contributed by atoms with E-state index in [9.17, 15) is 4.79 Å². The molecule has 2 aromatic carbocycles. The molecule has 0 aliphatic carbocycles. The average Bonchev–Trinajstić information content (AvgIpc) is 3.18. The van der Waals surface area contributed by atoms with Gasteiger partial charge in [0.1, 0.15) is 6.61 Å². The molecule has 0 saturated heterocycles. The number of rotatable bonds is 7. The Bertz CT molecular complexity index is 877. The monoisotopic (exact) mass is 366 g/mol. The molecule has 0 unspecified atom stereocenters. The van der Waals surface area contributed by atoms with E-state index < -0.39 is 0 Å². The van der Waals surface area contributed by atoms with E-state index in [0.717, 1.165) is 11.1 Å². The molecule has 6 heteroatoms. The minimum Gasteiger partial charge on any atom is -0.493 e. The van der Waals surface area contributed by atoms with Crippen LogP contribution >= 0.6 is 11.3 Å². The molecule has 1 heterocycles. The van der Waals surface area contributed by atoms with Gasteiger partial charge < -0.3 is 9.47 Å². The highest BCUT2D eigenvalue weighted by atomic mass is 32.1. The molecule has 0 bridgehead atoms. The first-order chi connectivity index (χ1) is 12.7. The minimum absolute atomic E-state index is 0.233. The number of nitrogens with zero attached hydrogens (tertiary/aromatic N) is 1. The van der Waals surface area contributed by atoms with Crippen LogP contribution in [-0.4, -0.2) is 18.0 Å². The van der Waals surface area contributed by atoms with Crippen molar-refractivity contribution >= 4 is 28.5 Å². The van der Waals surface area contributed by atoms with Crippen LogP contribution in [0.2, 0.25) is 0 Å². The fourth-order valence-electron chi connectivity index (χ4n) is 2.25. The van der Waals surface area contributed by atoms with Crippen molar-refractivity contribution in [2.75, 3.05) is 12.4 Å². The summed E-state index contributed by atoms with van der Waals surface area (Å²) < 4.78 is 11.2. The van der Waals surface area contributed by atoms with E-state index in [-0.39, 0.29) is 5.91 Å². The first kappa shape index (κ1) is 17.7. The highest BCUT2D eigenvalue weighted by Gasteiger charge is 2.06. The second kappa shape index (κ2) is 8.82. The van der Waals surface area contributed by atoms with Crippen molar-refractivity contribution in [3.63, 3.8) is 0 Å². The number of methoxy groups -OCH3 is 1. The van der Waals surface area contributed by atoms with Gasteiger partial charge in [-0.1, -0.05) is 36.4 Å². The number of anilines is 1. The van der Waals surface area contributed by atoms with Gasteiger partial charge in [-0.3, -0.25) is 10.1 Å². The zero-order chi connectivity index (χ0) is 18.2. The molecule has 132 valence electrons. The molecular formula is C20H18N2O3S. The number of hydrogen-bond acceptors (Lipinski definition) is 5. The summed E-state index contributed by atoms with van der Waals surface area (Å²) >= 11 is 1.37. The van der Waals surface area contributed by atoms with Crippen LogP contribution in [0.25, 0.3) is 6.08 Å². The van der Waals surface area contributed by atoms with Crippen molar-refractivity contribution < 1.29 is 14.3 Å². The number of ether oxygens (including phenoxy) is 2. The molecule has 0 aliphatic rings. The van der Waals surface area contributed by atoms with Crippen molar-refractivity contribution in [2.45, 2.75) is 6.61 Å². The average molecular weight is 366 g/mol. The van der Waals surface area contributed by atoms with Crippen LogP contribution in [0, 0.1) is 0 Å². The fraction of sp³-hybridized carbons (Fsp3) is 0.100. The van der Waals surface area contributed by atoms with Gasteiger partial charge in [0.15, 0.2) is 16.6 Å². The van der Waals surface area contributed by atoms with E-state index >= 15 is 0 Å². The SMILES string of the molecule is COc1cc(/C=C/C(=O)Nc2nccs2)ccc1OCc1ccccc1. The number of carbonyl (C=O) groups excluding carboxylic acids is 1. The highest BCUT2D eigenvalue weighted by Crippen LogP contribution is 2.29. The molecule has 0 saturated carbocycles. The van der Waals surface area contributed by atoms with Crippen LogP contribution in [0.15, 0.2) is 66.2 Å². The fourth-order valence-corrected chi connectivity index (χ4v) is 2.78. The molecule has 3 rings (SSSR count). The van der Waals surface area contributed by atoms with E-state index in [0.29, 0.717) is 23.2 Å². The second-order valence-corrected chi connectivity index (χ2v) is 6.24. The summed E-state index contributed by atoms with van der Waals surface area (Å²) in [7, 11) is 1.59. The normalized spacial score (nSPS) is 10.7. The maximum atomic E-state index is 11.9. The number of carbonyl (C=O) groups is 1. The molecule has 1 N–H and O–H groups in total. The molecule has 1 aromatic heterocycles. The van der Waals surface area contributed by atoms with E-state index in [1.54, 1.807) is 24.8 Å². The van der Waals surface area contributed by atoms with E-state index in [1.807, 2.05) is 48.5 Å². The number of benzene rings is 2. The van der Waals surface area contributed by atoms with E-state index in [2.05, 4.69) is 10.3 Å². The number of nitrogens with one attached hydrogen (secondary N) is 1.